The molecule has 0 atom stereocenters. The summed E-state index contributed by atoms with van der Waals surface area (Å²) >= 11 is 0. The van der Waals surface area contributed by atoms with Crippen LogP contribution in [0.15, 0.2) is 194 Å². The molecule has 10 aromatic rings. The lowest BCUT2D eigenvalue weighted by Crippen LogP contribution is -2.10. The largest absolute Gasteiger partial charge is 0.310 e. The summed E-state index contributed by atoms with van der Waals surface area (Å²) in [6.07, 6.45) is 0. The van der Waals surface area contributed by atoms with Gasteiger partial charge in [0, 0.05) is 33.5 Å². The fraction of sp³-hybridized carbons (Fsp3) is 0. The summed E-state index contributed by atoms with van der Waals surface area (Å²) in [4.78, 5) is 2.36. The van der Waals surface area contributed by atoms with E-state index in [2.05, 4.69) is 204 Å². The lowest BCUT2D eigenvalue weighted by atomic mass is 9.94. The first-order valence-electron chi connectivity index (χ1n) is 17.2. The van der Waals surface area contributed by atoms with Crippen molar-refractivity contribution in [3.63, 3.8) is 0 Å². The second-order valence-corrected chi connectivity index (χ2v) is 13.0. The predicted molar refractivity (Wildman–Crippen MR) is 213 cm³/mol. The van der Waals surface area contributed by atoms with Crippen LogP contribution in [0, 0.1) is 0 Å². The summed E-state index contributed by atoms with van der Waals surface area (Å²) in [5.41, 5.74) is 9.35. The van der Waals surface area contributed by atoms with Crippen molar-refractivity contribution < 1.29 is 0 Å². The van der Waals surface area contributed by atoms with Crippen LogP contribution in [-0.4, -0.2) is 4.57 Å². The minimum atomic E-state index is 1.11. The number of anilines is 3. The summed E-state index contributed by atoms with van der Waals surface area (Å²) in [7, 11) is 0. The Morgan fingerprint density at radius 2 is 0.860 bits per heavy atom. The van der Waals surface area contributed by atoms with Crippen LogP contribution in [0.5, 0.6) is 0 Å². The van der Waals surface area contributed by atoms with E-state index in [0.29, 0.717) is 0 Å². The molecule has 234 valence electrons. The first-order valence-corrected chi connectivity index (χ1v) is 17.2. The first-order chi connectivity index (χ1) is 24.8. The molecule has 50 heavy (non-hydrogen) atoms. The number of nitrogens with zero attached hydrogens (tertiary/aromatic N) is 2. The van der Waals surface area contributed by atoms with Crippen molar-refractivity contribution in [3.05, 3.63) is 194 Å². The van der Waals surface area contributed by atoms with Crippen LogP contribution in [-0.2, 0) is 0 Å². The van der Waals surface area contributed by atoms with E-state index >= 15 is 0 Å². The number of hydrogen-bond donors (Lipinski definition) is 0. The third kappa shape index (κ3) is 4.57. The fourth-order valence-corrected chi connectivity index (χ4v) is 7.80. The molecule has 9 aromatic carbocycles. The van der Waals surface area contributed by atoms with Gasteiger partial charge in [0.25, 0.3) is 0 Å². The molecule has 0 saturated heterocycles. The number of para-hydroxylation sites is 2. The molecule has 0 unspecified atom stereocenters. The van der Waals surface area contributed by atoms with E-state index in [4.69, 9.17) is 0 Å². The molecule has 0 saturated carbocycles. The average Bonchev–Trinajstić information content (AvgIpc) is 3.53. The lowest BCUT2D eigenvalue weighted by molar-refractivity contribution is 1.17. The van der Waals surface area contributed by atoms with E-state index in [0.717, 1.165) is 22.7 Å². The summed E-state index contributed by atoms with van der Waals surface area (Å²) < 4.78 is 2.37. The van der Waals surface area contributed by atoms with Crippen LogP contribution in [0.25, 0.3) is 70.9 Å². The lowest BCUT2D eigenvalue weighted by Gasteiger charge is -2.26. The second-order valence-electron chi connectivity index (χ2n) is 13.0. The van der Waals surface area contributed by atoms with E-state index < -0.39 is 0 Å². The van der Waals surface area contributed by atoms with Gasteiger partial charge in [-0.25, -0.2) is 0 Å². The van der Waals surface area contributed by atoms with Gasteiger partial charge in [-0.2, -0.15) is 0 Å². The molecule has 10 rings (SSSR count). The van der Waals surface area contributed by atoms with Gasteiger partial charge in [0.15, 0.2) is 0 Å². The third-order valence-corrected chi connectivity index (χ3v) is 10.2. The molecule has 2 heteroatoms. The Bertz CT molecular complexity index is 2810. The monoisotopic (exact) mass is 636 g/mol. The van der Waals surface area contributed by atoms with Crippen LogP contribution >= 0.6 is 0 Å². The maximum absolute atomic E-state index is 2.37. The highest BCUT2D eigenvalue weighted by Crippen LogP contribution is 2.40. The molecule has 0 aliphatic rings. The SMILES string of the molecule is c1ccc2cc(N(c3ccc(-c4cccc5c4ccc4ccccc45)cc3)c3ccc(-n4c5ccccc5c5ccccc54)cc3)ccc2c1. The summed E-state index contributed by atoms with van der Waals surface area (Å²) in [5, 5.41) is 10.1. The Balaban J connectivity index is 1.09. The highest BCUT2D eigenvalue weighted by atomic mass is 15.1. The molecule has 2 nitrogen and oxygen atoms in total. The van der Waals surface area contributed by atoms with E-state index in [1.54, 1.807) is 0 Å². The zero-order valence-electron chi connectivity index (χ0n) is 27.4. The van der Waals surface area contributed by atoms with Crippen molar-refractivity contribution in [1.82, 2.24) is 4.57 Å². The standard InChI is InChI=1S/C48H32N2/c1-2-12-36-32-40(26-20-33(36)10-1)49(38-27-29-39(30-28-38)50-47-18-7-5-14-45(47)46-15-6-8-19-48(46)50)37-24-21-35(22-25-37)42-16-9-17-43-41-13-4-3-11-34(41)23-31-44(42)43/h1-32H. The van der Waals surface area contributed by atoms with Crippen molar-refractivity contribution in [2.45, 2.75) is 0 Å². The molecule has 0 N–H and O–H groups in total. The van der Waals surface area contributed by atoms with Crippen molar-refractivity contribution in [3.8, 4) is 16.8 Å². The topological polar surface area (TPSA) is 8.17 Å². The molecule has 0 spiro atoms. The molecule has 0 amide bonds. The average molecular weight is 637 g/mol. The minimum absolute atomic E-state index is 1.11. The summed E-state index contributed by atoms with van der Waals surface area (Å²) in [6, 6.07) is 70.5. The molecule has 0 radical (unpaired) electrons. The maximum Gasteiger partial charge on any atom is 0.0541 e. The van der Waals surface area contributed by atoms with Gasteiger partial charge < -0.3 is 9.47 Å². The molecule has 0 bridgehead atoms. The van der Waals surface area contributed by atoms with Crippen LogP contribution in [0.1, 0.15) is 0 Å². The molecule has 1 aromatic heterocycles. The summed E-state index contributed by atoms with van der Waals surface area (Å²) in [6.45, 7) is 0. The van der Waals surface area contributed by atoms with E-state index in [9.17, 15) is 0 Å². The Morgan fingerprint density at radius 1 is 0.320 bits per heavy atom. The Morgan fingerprint density at radius 3 is 1.58 bits per heavy atom. The third-order valence-electron chi connectivity index (χ3n) is 10.2. The number of aromatic nitrogens is 1. The normalized spacial score (nSPS) is 11.6. The smallest absolute Gasteiger partial charge is 0.0541 e. The van der Waals surface area contributed by atoms with Gasteiger partial charge >= 0.3 is 0 Å². The van der Waals surface area contributed by atoms with Gasteiger partial charge in [-0.15, -0.1) is 0 Å². The molecular formula is C48H32N2. The van der Waals surface area contributed by atoms with Gasteiger partial charge in [-0.05, 0) is 104 Å². The molecular weight excluding hydrogens is 605 g/mol. The van der Waals surface area contributed by atoms with Crippen LogP contribution < -0.4 is 4.90 Å². The summed E-state index contributed by atoms with van der Waals surface area (Å²) in [5.74, 6) is 0. The van der Waals surface area contributed by atoms with E-state index in [1.165, 1.54) is 65.3 Å². The number of benzene rings is 9. The Labute approximate surface area is 290 Å². The van der Waals surface area contributed by atoms with Crippen LogP contribution in [0.3, 0.4) is 0 Å². The highest BCUT2D eigenvalue weighted by molar-refractivity contribution is 6.12. The highest BCUT2D eigenvalue weighted by Gasteiger charge is 2.16. The minimum Gasteiger partial charge on any atom is -0.310 e. The Hall–Kier alpha value is -6.64. The van der Waals surface area contributed by atoms with Gasteiger partial charge in [-0.3, -0.25) is 0 Å². The molecule has 0 fully saturated rings. The van der Waals surface area contributed by atoms with Crippen molar-refractivity contribution in [2.75, 3.05) is 4.90 Å². The van der Waals surface area contributed by atoms with E-state index in [1.807, 2.05) is 0 Å². The number of rotatable bonds is 5. The van der Waals surface area contributed by atoms with Crippen LogP contribution in [0.2, 0.25) is 0 Å². The molecule has 0 aliphatic heterocycles. The zero-order valence-corrected chi connectivity index (χ0v) is 27.4. The predicted octanol–water partition coefficient (Wildman–Crippen LogP) is 13.4. The molecule has 0 aliphatic carbocycles. The van der Waals surface area contributed by atoms with Gasteiger partial charge in [0.1, 0.15) is 0 Å². The number of hydrogen-bond acceptors (Lipinski definition) is 1. The maximum atomic E-state index is 2.37. The first kappa shape index (κ1) is 28.4. The fourth-order valence-electron chi connectivity index (χ4n) is 7.80. The van der Waals surface area contributed by atoms with Crippen LogP contribution in [0.4, 0.5) is 17.1 Å². The van der Waals surface area contributed by atoms with Gasteiger partial charge in [-0.1, -0.05) is 133 Å². The zero-order chi connectivity index (χ0) is 33.0. The number of fused-ring (bicyclic) bond motifs is 7. The second kappa shape index (κ2) is 11.5. The molecule has 1 heterocycles. The van der Waals surface area contributed by atoms with Gasteiger partial charge in [0.2, 0.25) is 0 Å². The quantitative estimate of drug-likeness (QED) is 0.171. The van der Waals surface area contributed by atoms with Crippen molar-refractivity contribution in [1.29, 1.82) is 0 Å². The van der Waals surface area contributed by atoms with Crippen molar-refractivity contribution >= 4 is 71.2 Å². The van der Waals surface area contributed by atoms with Crippen molar-refractivity contribution in [2.24, 2.45) is 0 Å². The van der Waals surface area contributed by atoms with Gasteiger partial charge in [0.05, 0.1) is 11.0 Å². The Kier molecular flexibility index (Phi) is 6.53. The van der Waals surface area contributed by atoms with E-state index in [-0.39, 0.29) is 0 Å².